The average molecular weight is 318 g/mol. The lowest BCUT2D eigenvalue weighted by molar-refractivity contribution is -0.114. The Labute approximate surface area is 133 Å². The Morgan fingerprint density at radius 2 is 1.95 bits per heavy atom. The zero-order valence-corrected chi connectivity index (χ0v) is 13.6. The van der Waals surface area contributed by atoms with Crippen LogP contribution in [0.1, 0.15) is 36.8 Å². The van der Waals surface area contributed by atoms with Gasteiger partial charge < -0.3 is 10.1 Å². The van der Waals surface area contributed by atoms with Crippen molar-refractivity contribution in [1.29, 1.82) is 0 Å². The minimum Gasteiger partial charge on any atom is -0.460 e. The monoisotopic (exact) mass is 318 g/mol. The van der Waals surface area contributed by atoms with Gasteiger partial charge in [-0.3, -0.25) is 4.79 Å². The lowest BCUT2D eigenvalue weighted by Crippen LogP contribution is -2.26. The number of hydrogen-bond acceptors (Lipinski definition) is 5. The molecule has 0 aliphatic carbocycles. The van der Waals surface area contributed by atoms with Crippen LogP contribution < -0.4 is 5.32 Å². The number of rotatable bonds is 5. The molecule has 1 N–H and O–H groups in total. The van der Waals surface area contributed by atoms with Gasteiger partial charge in [0.2, 0.25) is 5.91 Å². The molecule has 0 bridgehead atoms. The Bertz CT molecular complexity index is 665. The summed E-state index contributed by atoms with van der Waals surface area (Å²) >= 11 is 1.19. The summed E-state index contributed by atoms with van der Waals surface area (Å²) in [7, 11) is 0. The number of thiazole rings is 1. The summed E-state index contributed by atoms with van der Waals surface area (Å²) in [6, 6.07) is 9.87. The van der Waals surface area contributed by atoms with Crippen LogP contribution in [0, 0.1) is 0 Å². The number of nitrogens with one attached hydrogen (secondary N) is 1. The summed E-state index contributed by atoms with van der Waals surface area (Å²) in [6.45, 7) is 5.67. The average Bonchev–Trinajstić information content (AvgIpc) is 2.93. The molecule has 22 heavy (non-hydrogen) atoms. The van der Waals surface area contributed by atoms with Crippen molar-refractivity contribution in [2.75, 3.05) is 11.9 Å². The molecular formula is C16H18N2O3S. The summed E-state index contributed by atoms with van der Waals surface area (Å²) in [5, 5.41) is 4.50. The smallest absolute Gasteiger partial charge is 0.357 e. The van der Waals surface area contributed by atoms with E-state index in [0.717, 1.165) is 5.56 Å². The molecule has 1 heterocycles. The number of ether oxygens (including phenoxy) is 1. The third kappa shape index (κ3) is 4.14. The highest BCUT2D eigenvalue weighted by Crippen LogP contribution is 2.24. The molecule has 0 atom stereocenters. The first kappa shape index (κ1) is 16.2. The van der Waals surface area contributed by atoms with Gasteiger partial charge >= 0.3 is 5.97 Å². The Balaban J connectivity index is 1.97. The van der Waals surface area contributed by atoms with Gasteiger partial charge in [-0.1, -0.05) is 44.2 Å². The molecule has 6 heteroatoms. The van der Waals surface area contributed by atoms with E-state index >= 15 is 0 Å². The zero-order chi connectivity index (χ0) is 16.2. The summed E-state index contributed by atoms with van der Waals surface area (Å²) < 4.78 is 5.36. The summed E-state index contributed by atoms with van der Waals surface area (Å²) in [4.78, 5) is 27.0. The highest BCUT2D eigenvalue weighted by molar-refractivity contribution is 7.14. The van der Waals surface area contributed by atoms with Crippen molar-refractivity contribution in [2.45, 2.75) is 26.2 Å². The van der Waals surface area contributed by atoms with E-state index < -0.39 is 5.97 Å². The number of esters is 1. The first-order chi connectivity index (χ1) is 10.4. The van der Waals surface area contributed by atoms with Crippen LogP contribution in [0.5, 0.6) is 0 Å². The number of anilines is 1. The zero-order valence-electron chi connectivity index (χ0n) is 12.8. The third-order valence-corrected chi connectivity index (χ3v) is 3.87. The Morgan fingerprint density at radius 1 is 1.27 bits per heavy atom. The number of hydrogen-bond donors (Lipinski definition) is 1. The van der Waals surface area contributed by atoms with E-state index in [1.54, 1.807) is 5.38 Å². The number of benzene rings is 1. The maximum atomic E-state index is 12.0. The Kier molecular flexibility index (Phi) is 4.92. The SMILES string of the molecule is CC(=O)Nc1nc(C(=O)OCC(C)(C)c2ccccc2)cs1. The lowest BCUT2D eigenvalue weighted by atomic mass is 9.86. The van der Waals surface area contributed by atoms with Crippen molar-refractivity contribution in [1.82, 2.24) is 4.98 Å². The molecule has 2 aromatic rings. The van der Waals surface area contributed by atoms with E-state index in [1.807, 2.05) is 44.2 Å². The molecule has 0 aliphatic heterocycles. The van der Waals surface area contributed by atoms with Gasteiger partial charge in [0.25, 0.3) is 0 Å². The molecule has 5 nitrogen and oxygen atoms in total. The van der Waals surface area contributed by atoms with E-state index in [9.17, 15) is 9.59 Å². The number of amides is 1. The Morgan fingerprint density at radius 3 is 2.59 bits per heavy atom. The third-order valence-electron chi connectivity index (χ3n) is 3.12. The molecule has 1 amide bonds. The first-order valence-corrected chi connectivity index (χ1v) is 7.72. The van der Waals surface area contributed by atoms with Crippen LogP contribution in [0.15, 0.2) is 35.7 Å². The second-order valence-corrected chi connectivity index (χ2v) is 6.40. The molecule has 1 aromatic carbocycles. The fourth-order valence-corrected chi connectivity index (χ4v) is 2.59. The van der Waals surface area contributed by atoms with E-state index in [1.165, 1.54) is 18.3 Å². The summed E-state index contributed by atoms with van der Waals surface area (Å²) in [5.74, 6) is -0.712. The standard InChI is InChI=1S/C16H18N2O3S/c1-11(19)17-15-18-13(9-22-15)14(20)21-10-16(2,3)12-7-5-4-6-8-12/h4-9H,10H2,1-3H3,(H,17,18,19). The highest BCUT2D eigenvalue weighted by Gasteiger charge is 2.23. The molecule has 0 saturated carbocycles. The van der Waals surface area contributed by atoms with Crippen LogP contribution in [0.25, 0.3) is 0 Å². The molecule has 0 spiro atoms. The van der Waals surface area contributed by atoms with Gasteiger partial charge in [-0.05, 0) is 5.56 Å². The number of nitrogens with zero attached hydrogens (tertiary/aromatic N) is 1. The van der Waals surface area contributed by atoms with Crippen molar-refractivity contribution in [2.24, 2.45) is 0 Å². The van der Waals surface area contributed by atoms with Gasteiger partial charge in [-0.25, -0.2) is 9.78 Å². The summed E-state index contributed by atoms with van der Waals surface area (Å²) in [6.07, 6.45) is 0. The van der Waals surface area contributed by atoms with Gasteiger partial charge in [-0.2, -0.15) is 0 Å². The van der Waals surface area contributed by atoms with Gasteiger partial charge in [0.15, 0.2) is 10.8 Å². The number of aromatic nitrogens is 1. The van der Waals surface area contributed by atoms with E-state index in [4.69, 9.17) is 4.74 Å². The molecule has 116 valence electrons. The number of carbonyl (C=O) groups excluding carboxylic acids is 2. The fourth-order valence-electron chi connectivity index (χ4n) is 1.87. The topological polar surface area (TPSA) is 68.3 Å². The predicted molar refractivity (Wildman–Crippen MR) is 86.2 cm³/mol. The normalized spacial score (nSPS) is 11.0. The predicted octanol–water partition coefficient (Wildman–Crippen LogP) is 3.24. The van der Waals surface area contributed by atoms with E-state index in [2.05, 4.69) is 10.3 Å². The molecular weight excluding hydrogens is 300 g/mol. The summed E-state index contributed by atoms with van der Waals surface area (Å²) in [5.41, 5.74) is 1.02. The van der Waals surface area contributed by atoms with Crippen LogP contribution in [0.3, 0.4) is 0 Å². The van der Waals surface area contributed by atoms with Gasteiger partial charge in [0, 0.05) is 17.7 Å². The highest BCUT2D eigenvalue weighted by atomic mass is 32.1. The van der Waals surface area contributed by atoms with Crippen molar-refractivity contribution < 1.29 is 14.3 Å². The minimum atomic E-state index is -0.489. The Hall–Kier alpha value is -2.21. The maximum absolute atomic E-state index is 12.0. The van der Waals surface area contributed by atoms with Crippen molar-refractivity contribution in [3.05, 3.63) is 47.0 Å². The van der Waals surface area contributed by atoms with Gasteiger partial charge in [-0.15, -0.1) is 11.3 Å². The van der Waals surface area contributed by atoms with Crippen molar-refractivity contribution in [3.8, 4) is 0 Å². The number of carbonyl (C=O) groups is 2. The van der Waals surface area contributed by atoms with Crippen molar-refractivity contribution >= 4 is 28.3 Å². The fraction of sp³-hybridized carbons (Fsp3) is 0.312. The van der Waals surface area contributed by atoms with Crippen molar-refractivity contribution in [3.63, 3.8) is 0 Å². The molecule has 0 aliphatic rings. The molecule has 0 saturated heterocycles. The van der Waals surface area contributed by atoms with Crippen LogP contribution >= 0.6 is 11.3 Å². The quantitative estimate of drug-likeness (QED) is 0.859. The van der Waals surface area contributed by atoms with E-state index in [-0.39, 0.29) is 23.6 Å². The largest absolute Gasteiger partial charge is 0.460 e. The van der Waals surface area contributed by atoms with Crippen LogP contribution in [-0.4, -0.2) is 23.5 Å². The van der Waals surface area contributed by atoms with Gasteiger partial charge in [0.05, 0.1) is 0 Å². The second kappa shape index (κ2) is 6.70. The molecule has 0 unspecified atom stereocenters. The minimum absolute atomic E-state index is 0.206. The van der Waals surface area contributed by atoms with Crippen LogP contribution in [0.4, 0.5) is 5.13 Å². The van der Waals surface area contributed by atoms with E-state index in [0.29, 0.717) is 5.13 Å². The lowest BCUT2D eigenvalue weighted by Gasteiger charge is -2.24. The molecule has 0 radical (unpaired) electrons. The maximum Gasteiger partial charge on any atom is 0.357 e. The van der Waals surface area contributed by atoms with Crippen LogP contribution in [-0.2, 0) is 14.9 Å². The second-order valence-electron chi connectivity index (χ2n) is 5.55. The first-order valence-electron chi connectivity index (χ1n) is 6.84. The molecule has 1 aromatic heterocycles. The molecule has 0 fully saturated rings. The van der Waals surface area contributed by atoms with Gasteiger partial charge in [0.1, 0.15) is 6.61 Å². The molecule has 2 rings (SSSR count). The van der Waals surface area contributed by atoms with Crippen LogP contribution in [0.2, 0.25) is 0 Å².